The van der Waals surface area contributed by atoms with Crippen LogP contribution in [0.15, 0.2) is 27.6 Å². The van der Waals surface area contributed by atoms with Gasteiger partial charge in [-0.05, 0) is 40.7 Å². The van der Waals surface area contributed by atoms with E-state index in [0.29, 0.717) is 24.1 Å². The van der Waals surface area contributed by atoms with Crippen molar-refractivity contribution in [2.45, 2.75) is 11.4 Å². The van der Waals surface area contributed by atoms with Crippen LogP contribution >= 0.6 is 15.9 Å². The number of hydrogen-bond acceptors (Lipinski definition) is 5. The van der Waals surface area contributed by atoms with Crippen molar-refractivity contribution in [1.29, 1.82) is 0 Å². The van der Waals surface area contributed by atoms with Crippen LogP contribution in [0.5, 0.6) is 0 Å². The van der Waals surface area contributed by atoms with Gasteiger partial charge in [-0.1, -0.05) is 6.07 Å². The molecule has 1 aliphatic heterocycles. The highest BCUT2D eigenvalue weighted by molar-refractivity contribution is 9.10. The molecule has 0 aliphatic carbocycles. The number of hydrogen-bond donors (Lipinski definition) is 2. The third-order valence-corrected chi connectivity index (χ3v) is 5.63. The quantitative estimate of drug-likeness (QED) is 0.807. The highest BCUT2D eigenvalue weighted by Gasteiger charge is 2.23. The number of benzene rings is 1. The molecule has 1 aromatic carbocycles. The van der Waals surface area contributed by atoms with Gasteiger partial charge >= 0.3 is 0 Å². The van der Waals surface area contributed by atoms with Gasteiger partial charge in [0.15, 0.2) is 0 Å². The van der Waals surface area contributed by atoms with Crippen LogP contribution in [0.3, 0.4) is 0 Å². The van der Waals surface area contributed by atoms with E-state index in [4.69, 9.17) is 5.73 Å². The molecule has 0 aromatic heterocycles. The topological polar surface area (TPSA) is 78.7 Å². The Morgan fingerprint density at radius 1 is 1.30 bits per heavy atom. The average Bonchev–Trinajstić information content (AvgIpc) is 2.40. The molecular formula is C12H19BrN4O2S. The zero-order valence-corrected chi connectivity index (χ0v) is 13.7. The van der Waals surface area contributed by atoms with Crippen LogP contribution in [0.4, 0.5) is 0 Å². The van der Waals surface area contributed by atoms with Crippen molar-refractivity contribution in [2.24, 2.45) is 5.73 Å². The molecule has 20 heavy (non-hydrogen) atoms. The Hall–Kier alpha value is -0.510. The number of likely N-dealkylation sites (N-methyl/N-ethyl adjacent to an activating group) is 1. The summed E-state index contributed by atoms with van der Waals surface area (Å²) in [5, 5.41) is 1.73. The molecule has 6 nitrogen and oxygen atoms in total. The zero-order valence-electron chi connectivity index (χ0n) is 11.3. The molecule has 0 amide bonds. The summed E-state index contributed by atoms with van der Waals surface area (Å²) in [5.74, 6) is 0. The Morgan fingerprint density at radius 2 is 1.95 bits per heavy atom. The first-order valence-corrected chi connectivity index (χ1v) is 8.64. The number of halogens is 1. The van der Waals surface area contributed by atoms with E-state index in [1.54, 1.807) is 23.2 Å². The Kier molecular flexibility index (Phi) is 5.16. The van der Waals surface area contributed by atoms with E-state index in [1.807, 2.05) is 7.05 Å². The predicted octanol–water partition coefficient (Wildman–Crippen LogP) is 0.349. The standard InChI is InChI=1S/C12H19BrN4O2S/c1-16-4-6-17(7-5-16)15-20(18,19)12-3-2-10(9-14)8-11(12)13/h2-3,8,15H,4-7,9,14H2,1H3. The number of nitrogens with two attached hydrogens (primary N) is 1. The van der Waals surface area contributed by atoms with Gasteiger partial charge in [0.25, 0.3) is 10.0 Å². The predicted molar refractivity (Wildman–Crippen MR) is 81.4 cm³/mol. The second-order valence-corrected chi connectivity index (χ2v) is 7.34. The smallest absolute Gasteiger partial charge is 0.254 e. The van der Waals surface area contributed by atoms with Crippen molar-refractivity contribution in [3.8, 4) is 0 Å². The summed E-state index contributed by atoms with van der Waals surface area (Å²) >= 11 is 3.30. The molecule has 1 aliphatic rings. The minimum absolute atomic E-state index is 0.230. The monoisotopic (exact) mass is 362 g/mol. The van der Waals surface area contributed by atoms with Gasteiger partial charge < -0.3 is 10.6 Å². The second kappa shape index (κ2) is 6.50. The van der Waals surface area contributed by atoms with E-state index < -0.39 is 10.0 Å². The minimum atomic E-state index is -3.56. The molecular weight excluding hydrogens is 344 g/mol. The van der Waals surface area contributed by atoms with Gasteiger partial charge in [-0.25, -0.2) is 13.4 Å². The lowest BCUT2D eigenvalue weighted by Crippen LogP contribution is -2.52. The summed E-state index contributed by atoms with van der Waals surface area (Å²) in [5.41, 5.74) is 6.43. The minimum Gasteiger partial charge on any atom is -0.326 e. The van der Waals surface area contributed by atoms with Crippen molar-refractivity contribution < 1.29 is 8.42 Å². The summed E-state index contributed by atoms with van der Waals surface area (Å²) in [6, 6.07) is 5.03. The van der Waals surface area contributed by atoms with Crippen molar-refractivity contribution in [1.82, 2.24) is 14.7 Å². The Labute approximate surface area is 128 Å². The van der Waals surface area contributed by atoms with Crippen LogP contribution in [0, 0.1) is 0 Å². The summed E-state index contributed by atoms with van der Waals surface area (Å²) < 4.78 is 25.3. The summed E-state index contributed by atoms with van der Waals surface area (Å²) in [4.78, 5) is 5.02. The van der Waals surface area contributed by atoms with Crippen molar-refractivity contribution in [2.75, 3.05) is 33.2 Å². The van der Waals surface area contributed by atoms with Crippen LogP contribution < -0.4 is 10.6 Å². The first-order valence-electron chi connectivity index (χ1n) is 6.37. The van der Waals surface area contributed by atoms with E-state index in [1.165, 1.54) is 0 Å². The van der Waals surface area contributed by atoms with E-state index in [-0.39, 0.29) is 4.90 Å². The van der Waals surface area contributed by atoms with Gasteiger partial charge in [0.2, 0.25) is 0 Å². The Morgan fingerprint density at radius 3 is 2.50 bits per heavy atom. The molecule has 0 saturated carbocycles. The lowest BCUT2D eigenvalue weighted by Gasteiger charge is -2.32. The molecule has 1 aromatic rings. The normalized spacial score (nSPS) is 18.4. The molecule has 1 fully saturated rings. The molecule has 2 rings (SSSR count). The van der Waals surface area contributed by atoms with Crippen molar-refractivity contribution in [3.05, 3.63) is 28.2 Å². The van der Waals surface area contributed by atoms with Crippen LogP contribution in [-0.4, -0.2) is 51.6 Å². The van der Waals surface area contributed by atoms with E-state index in [0.717, 1.165) is 18.7 Å². The fourth-order valence-electron chi connectivity index (χ4n) is 2.01. The molecule has 1 heterocycles. The molecule has 112 valence electrons. The summed E-state index contributed by atoms with van der Waals surface area (Å²) in [7, 11) is -1.54. The average molecular weight is 363 g/mol. The molecule has 8 heteroatoms. The van der Waals surface area contributed by atoms with Gasteiger partial charge in [-0.3, -0.25) is 0 Å². The lowest BCUT2D eigenvalue weighted by atomic mass is 10.2. The molecule has 0 atom stereocenters. The van der Waals surface area contributed by atoms with E-state index in [2.05, 4.69) is 25.7 Å². The molecule has 1 saturated heterocycles. The third-order valence-electron chi connectivity index (χ3n) is 3.27. The molecule has 0 radical (unpaired) electrons. The fraction of sp³-hybridized carbons (Fsp3) is 0.500. The van der Waals surface area contributed by atoms with E-state index in [9.17, 15) is 8.42 Å². The zero-order chi connectivity index (χ0) is 14.8. The molecule has 0 bridgehead atoms. The largest absolute Gasteiger partial charge is 0.326 e. The highest BCUT2D eigenvalue weighted by Crippen LogP contribution is 2.23. The maximum Gasteiger partial charge on any atom is 0.254 e. The SMILES string of the molecule is CN1CCN(NS(=O)(=O)c2ccc(CN)cc2Br)CC1. The fourth-order valence-corrected chi connectivity index (χ4v) is 4.26. The maximum absolute atomic E-state index is 12.4. The number of piperazine rings is 1. The summed E-state index contributed by atoms with van der Waals surface area (Å²) in [6.45, 7) is 3.42. The van der Waals surface area contributed by atoms with Crippen LogP contribution in [0.25, 0.3) is 0 Å². The van der Waals surface area contributed by atoms with E-state index >= 15 is 0 Å². The van der Waals surface area contributed by atoms with Crippen LogP contribution in [-0.2, 0) is 16.6 Å². The number of nitrogens with one attached hydrogen (secondary N) is 1. The molecule has 0 unspecified atom stereocenters. The van der Waals surface area contributed by atoms with Gasteiger partial charge in [0.1, 0.15) is 0 Å². The van der Waals surface area contributed by atoms with Gasteiger partial charge in [-0.15, -0.1) is 4.83 Å². The molecule has 0 spiro atoms. The first kappa shape index (κ1) is 15.9. The number of nitrogens with zero attached hydrogens (tertiary/aromatic N) is 2. The van der Waals surface area contributed by atoms with Crippen LogP contribution in [0.2, 0.25) is 0 Å². The number of rotatable bonds is 4. The third kappa shape index (κ3) is 3.78. The molecule has 3 N–H and O–H groups in total. The second-order valence-electron chi connectivity index (χ2n) is 4.85. The maximum atomic E-state index is 12.4. The number of hydrazine groups is 1. The van der Waals surface area contributed by atoms with Crippen molar-refractivity contribution in [3.63, 3.8) is 0 Å². The Bertz CT molecular complexity index is 571. The first-order chi connectivity index (χ1) is 9.42. The number of sulfonamides is 1. The van der Waals surface area contributed by atoms with Crippen LogP contribution in [0.1, 0.15) is 5.56 Å². The van der Waals surface area contributed by atoms with Crippen molar-refractivity contribution >= 4 is 26.0 Å². The summed E-state index contributed by atoms with van der Waals surface area (Å²) in [6.07, 6.45) is 0. The van der Waals surface area contributed by atoms with Gasteiger partial charge in [-0.2, -0.15) is 0 Å². The van der Waals surface area contributed by atoms with Gasteiger partial charge in [0, 0.05) is 37.2 Å². The highest BCUT2D eigenvalue weighted by atomic mass is 79.9. The van der Waals surface area contributed by atoms with Gasteiger partial charge in [0.05, 0.1) is 4.90 Å². The lowest BCUT2D eigenvalue weighted by molar-refractivity contribution is 0.135. The Balaban J connectivity index is 2.14.